The van der Waals surface area contributed by atoms with Gasteiger partial charge in [-0.15, -0.1) is 0 Å². The molecule has 0 radical (unpaired) electrons. The lowest BCUT2D eigenvalue weighted by Gasteiger charge is -2.67. The molecule has 4 N–H and O–H groups in total. The lowest BCUT2D eigenvalue weighted by atomic mass is 9.44. The van der Waals surface area contributed by atoms with Gasteiger partial charge >= 0.3 is 23.9 Å². The van der Waals surface area contributed by atoms with Gasteiger partial charge in [0.15, 0.2) is 23.6 Å². The first kappa shape index (κ1) is 46.3. The smallest absolute Gasteiger partial charge is 0.338 e. The lowest BCUT2D eigenvalue weighted by Crippen LogP contribution is -2.82. The molecule has 2 bridgehead atoms. The Morgan fingerprint density at radius 2 is 1.42 bits per heavy atom. The van der Waals surface area contributed by atoms with E-state index in [0.29, 0.717) is 5.56 Å². The van der Waals surface area contributed by atoms with Gasteiger partial charge in [0.05, 0.1) is 35.6 Å². The Balaban J connectivity index is 1.27. The van der Waals surface area contributed by atoms with Crippen LogP contribution in [-0.4, -0.2) is 105 Å². The molecule has 2 saturated carbocycles. The van der Waals surface area contributed by atoms with Crippen molar-refractivity contribution in [2.24, 2.45) is 16.7 Å². The number of hydrogen-bond donors (Lipinski definition) is 4. The van der Waals surface area contributed by atoms with Crippen LogP contribution < -0.4 is 5.32 Å². The summed E-state index contributed by atoms with van der Waals surface area (Å²) in [5, 5.41) is 42.4. The van der Waals surface area contributed by atoms with E-state index in [2.05, 4.69) is 5.32 Å². The molecule has 1 aliphatic heterocycles. The van der Waals surface area contributed by atoms with Crippen molar-refractivity contribution < 1.29 is 67.8 Å². The summed E-state index contributed by atoms with van der Waals surface area (Å²) < 4.78 is 30.5. The molecule has 1 amide bonds. The minimum atomic E-state index is -2.41. The molecule has 3 fully saturated rings. The van der Waals surface area contributed by atoms with Crippen LogP contribution in [0.5, 0.6) is 0 Å². The van der Waals surface area contributed by atoms with Gasteiger partial charge in [-0.05, 0) is 71.7 Å². The summed E-state index contributed by atoms with van der Waals surface area (Å²) in [6.45, 7) is 7.99. The molecule has 15 heteroatoms. The second-order valence-electron chi connectivity index (χ2n) is 18.5. The molecule has 3 aliphatic carbocycles. The lowest BCUT2D eigenvalue weighted by molar-refractivity contribution is -0.346. The quantitative estimate of drug-likeness (QED) is 0.0947. The second-order valence-corrected chi connectivity index (χ2v) is 18.5. The number of ketones is 1. The predicted molar refractivity (Wildman–Crippen MR) is 235 cm³/mol. The third-order valence-corrected chi connectivity index (χ3v) is 14.5. The Morgan fingerprint density at radius 3 is 2.03 bits per heavy atom. The summed E-state index contributed by atoms with van der Waals surface area (Å²) >= 11 is 0. The fraction of sp³-hybridized carbons (Fsp3) is 0.412. The van der Waals surface area contributed by atoms with Crippen LogP contribution in [0.3, 0.4) is 0 Å². The van der Waals surface area contributed by atoms with Gasteiger partial charge in [-0.3, -0.25) is 19.2 Å². The summed E-state index contributed by atoms with van der Waals surface area (Å²) in [7, 11) is 0. The molecule has 0 spiro atoms. The van der Waals surface area contributed by atoms with E-state index in [9.17, 15) is 39.3 Å². The Labute approximate surface area is 381 Å². The molecule has 11 unspecified atom stereocenters. The number of Topliss-reactive ketones (excluding diaryl/α,β-unsaturated/α-hetero) is 1. The predicted octanol–water partition coefficient (Wildman–Crippen LogP) is 4.89. The third kappa shape index (κ3) is 7.57. The van der Waals surface area contributed by atoms with Crippen molar-refractivity contribution >= 4 is 46.3 Å². The molecular weight excluding hydrogens is 851 g/mol. The van der Waals surface area contributed by atoms with Crippen LogP contribution in [0.4, 0.5) is 0 Å². The van der Waals surface area contributed by atoms with Gasteiger partial charge in [0, 0.05) is 37.7 Å². The van der Waals surface area contributed by atoms with E-state index in [0.717, 1.165) is 24.6 Å². The van der Waals surface area contributed by atoms with E-state index >= 15 is 4.79 Å². The largest absolute Gasteiger partial charge is 0.456 e. The van der Waals surface area contributed by atoms with Crippen molar-refractivity contribution in [1.29, 1.82) is 0 Å². The van der Waals surface area contributed by atoms with Crippen LogP contribution in [0.15, 0.2) is 114 Å². The summed E-state index contributed by atoms with van der Waals surface area (Å²) in [4.78, 5) is 84.3. The Morgan fingerprint density at radius 1 is 0.803 bits per heavy atom. The fourth-order valence-electron chi connectivity index (χ4n) is 10.9. The normalized spacial score (nSPS) is 30.7. The maximum absolute atomic E-state index is 15.6. The van der Waals surface area contributed by atoms with Crippen molar-refractivity contribution in [3.63, 3.8) is 0 Å². The number of fused-ring (bicyclic) bond motifs is 6. The fourth-order valence-corrected chi connectivity index (χ4v) is 10.9. The molecule has 4 aliphatic rings. The summed E-state index contributed by atoms with van der Waals surface area (Å²) in [5.74, 6) is -6.87. The number of rotatable bonds is 10. The van der Waals surface area contributed by atoms with Crippen LogP contribution in [0.1, 0.15) is 86.7 Å². The summed E-state index contributed by atoms with van der Waals surface area (Å²) in [6.07, 6.45) is -10.6. The highest BCUT2D eigenvalue weighted by molar-refractivity contribution is 5.96. The minimum Gasteiger partial charge on any atom is -0.456 e. The number of amides is 1. The number of esters is 4. The van der Waals surface area contributed by atoms with Crippen LogP contribution in [0.2, 0.25) is 0 Å². The highest BCUT2D eigenvalue weighted by Crippen LogP contribution is 2.64. The molecule has 1 saturated heterocycles. The van der Waals surface area contributed by atoms with Crippen LogP contribution >= 0.6 is 0 Å². The van der Waals surface area contributed by atoms with Gasteiger partial charge in [0.2, 0.25) is 0 Å². The van der Waals surface area contributed by atoms with E-state index in [1.807, 2.05) is 24.3 Å². The number of hydrogen-bond acceptors (Lipinski definition) is 14. The number of benzene rings is 4. The van der Waals surface area contributed by atoms with Crippen molar-refractivity contribution in [3.8, 4) is 0 Å². The summed E-state index contributed by atoms with van der Waals surface area (Å²) in [6, 6.07) is 27.3. The SMILES string of the molecule is CC(=O)OC1C(=O)C2(C)C(O)CC3OCC3(OC(C)=O)C2C(OC(=O)c2ccccc2)C2(O)CC(OC(=O)C(O)C(NC(=O)c3ccccc3)c3ccc4ccccc4c3)C(C)=C1C2(C)C. The van der Waals surface area contributed by atoms with E-state index in [1.54, 1.807) is 80.6 Å². The molecule has 4 aromatic rings. The van der Waals surface area contributed by atoms with E-state index in [4.69, 9.17) is 23.7 Å². The molecule has 346 valence electrons. The van der Waals surface area contributed by atoms with Crippen LogP contribution in [-0.2, 0) is 42.9 Å². The van der Waals surface area contributed by atoms with Crippen molar-refractivity contribution in [3.05, 3.63) is 131 Å². The number of ether oxygens (including phenoxy) is 5. The van der Waals surface area contributed by atoms with Gasteiger partial charge in [-0.2, -0.15) is 0 Å². The monoisotopic (exact) mass is 903 g/mol. The van der Waals surface area contributed by atoms with Gasteiger partial charge in [0.25, 0.3) is 5.91 Å². The first-order chi connectivity index (χ1) is 31.2. The van der Waals surface area contributed by atoms with E-state index in [-0.39, 0.29) is 35.3 Å². The Kier molecular flexibility index (Phi) is 12.1. The minimum absolute atomic E-state index is 0.00615. The molecule has 66 heavy (non-hydrogen) atoms. The number of carbonyl (C=O) groups is 6. The number of nitrogens with one attached hydrogen (secondary N) is 1. The topological polar surface area (TPSA) is 221 Å². The van der Waals surface area contributed by atoms with Crippen molar-refractivity contribution in [2.75, 3.05) is 6.61 Å². The number of carbonyl (C=O) groups excluding carboxylic acids is 6. The van der Waals surface area contributed by atoms with Crippen LogP contribution in [0.25, 0.3) is 10.8 Å². The average molecular weight is 904 g/mol. The first-order valence-corrected chi connectivity index (χ1v) is 21.9. The van der Waals surface area contributed by atoms with Crippen molar-refractivity contribution in [1.82, 2.24) is 5.32 Å². The highest BCUT2D eigenvalue weighted by atomic mass is 16.6. The number of aliphatic hydroxyl groups is 3. The van der Waals surface area contributed by atoms with Crippen LogP contribution in [0, 0.1) is 16.7 Å². The van der Waals surface area contributed by atoms with Gasteiger partial charge in [-0.1, -0.05) is 86.6 Å². The molecule has 15 nitrogen and oxygen atoms in total. The molecule has 8 rings (SSSR count). The first-order valence-electron chi connectivity index (χ1n) is 21.9. The van der Waals surface area contributed by atoms with E-state index < -0.39 is 113 Å². The Hall–Kier alpha value is -6.26. The second kappa shape index (κ2) is 17.2. The van der Waals surface area contributed by atoms with Crippen molar-refractivity contribution in [2.45, 2.75) is 108 Å². The standard InChI is InChI=1S/C51H53NO14/c1-27-35(64-47(60)40(56)39(52-45(58)31-16-9-7-10-17-31)34-22-21-30-15-13-14-20-33(30)23-34)25-51(61)44(65-46(59)32-18-11-8-12-19-32)42-49(6,36(55)24-37-50(42,26-62-37)66-29(3)54)43(57)41(63-28(2)53)38(27)48(51,4)5/h7-23,35-37,39-42,44,55-56,61H,24-26H2,1-6H3,(H,52,58). The maximum atomic E-state index is 15.6. The molecule has 4 aromatic carbocycles. The molecule has 0 aromatic heterocycles. The number of aliphatic hydroxyl groups excluding tert-OH is 2. The van der Waals surface area contributed by atoms with Gasteiger partial charge in [-0.25, -0.2) is 9.59 Å². The van der Waals surface area contributed by atoms with Gasteiger partial charge in [0.1, 0.15) is 23.9 Å². The molecular formula is C51H53NO14. The molecule has 1 heterocycles. The average Bonchev–Trinajstić information content (AvgIpc) is 3.29. The highest BCUT2D eigenvalue weighted by Gasteiger charge is 2.78. The van der Waals surface area contributed by atoms with E-state index in [1.165, 1.54) is 26.0 Å². The zero-order chi connectivity index (χ0) is 47.5. The zero-order valence-electron chi connectivity index (χ0n) is 37.4. The maximum Gasteiger partial charge on any atom is 0.338 e. The molecule has 11 atom stereocenters. The Bertz CT molecular complexity index is 2630. The summed E-state index contributed by atoms with van der Waals surface area (Å²) in [5.41, 5.74) is -7.08. The van der Waals surface area contributed by atoms with Gasteiger partial charge < -0.3 is 44.3 Å². The zero-order valence-corrected chi connectivity index (χ0v) is 37.4. The third-order valence-electron chi connectivity index (χ3n) is 14.5.